The van der Waals surface area contributed by atoms with Gasteiger partial charge in [-0.15, -0.1) is 0 Å². The minimum Gasteiger partial charge on any atom is -0.394 e. The fraction of sp³-hybridized carbons (Fsp3) is 0.533. The molecule has 0 aliphatic carbocycles. The lowest BCUT2D eigenvalue weighted by atomic mass is 10.1. The van der Waals surface area contributed by atoms with Gasteiger partial charge in [0.1, 0.15) is 18.3 Å². The number of aliphatic hydroxyl groups is 3. The molecule has 0 saturated carbocycles. The average Bonchev–Trinajstić information content (AvgIpc) is 3.28. The molecule has 1 aliphatic heterocycles. The highest BCUT2D eigenvalue weighted by molar-refractivity contribution is 7.98. The summed E-state index contributed by atoms with van der Waals surface area (Å²) >= 11 is 1.28. The Hall–Kier alpha value is -1.92. The molecule has 0 amide bonds. The van der Waals surface area contributed by atoms with E-state index in [0.717, 1.165) is 0 Å². The number of rotatable bonds is 3. The van der Waals surface area contributed by atoms with Crippen LogP contribution in [0.5, 0.6) is 0 Å². The maximum absolute atomic E-state index is 12.8. The fourth-order valence-electron chi connectivity index (χ4n) is 3.41. The third kappa shape index (κ3) is 2.25. The molecule has 3 aromatic rings. The van der Waals surface area contributed by atoms with Crippen molar-refractivity contribution in [1.29, 1.82) is 0 Å². The van der Waals surface area contributed by atoms with Crippen molar-refractivity contribution in [3.8, 4) is 0 Å². The Labute approximate surface area is 151 Å². The first kappa shape index (κ1) is 17.5. The monoisotopic (exact) mass is 381 g/mol. The molecular formula is C15H19N5O5S. The van der Waals surface area contributed by atoms with Crippen molar-refractivity contribution < 1.29 is 20.1 Å². The number of fused-ring (bicyclic) bond motifs is 2. The van der Waals surface area contributed by atoms with Crippen molar-refractivity contribution in [3.05, 3.63) is 22.2 Å². The van der Waals surface area contributed by atoms with Crippen LogP contribution in [-0.4, -0.2) is 70.0 Å². The van der Waals surface area contributed by atoms with Gasteiger partial charge in [0.25, 0.3) is 5.56 Å². The molecule has 26 heavy (non-hydrogen) atoms. The summed E-state index contributed by atoms with van der Waals surface area (Å²) in [4.78, 5) is 21.6. The highest BCUT2D eigenvalue weighted by Gasteiger charge is 2.45. The Morgan fingerprint density at radius 2 is 2.04 bits per heavy atom. The van der Waals surface area contributed by atoms with Crippen LogP contribution in [0.25, 0.3) is 16.9 Å². The van der Waals surface area contributed by atoms with Crippen molar-refractivity contribution >= 4 is 28.7 Å². The topological polar surface area (TPSA) is 127 Å². The van der Waals surface area contributed by atoms with E-state index in [4.69, 9.17) is 4.74 Å². The molecular weight excluding hydrogens is 362 g/mol. The van der Waals surface area contributed by atoms with Gasteiger partial charge in [-0.3, -0.25) is 13.9 Å². The number of imidazole rings is 2. The van der Waals surface area contributed by atoms with Crippen LogP contribution >= 0.6 is 11.8 Å². The van der Waals surface area contributed by atoms with Gasteiger partial charge in [-0.25, -0.2) is 14.4 Å². The number of nitrogens with zero attached hydrogens (tertiary/aromatic N) is 5. The Bertz CT molecular complexity index is 1060. The van der Waals surface area contributed by atoms with Crippen molar-refractivity contribution in [2.75, 3.05) is 12.9 Å². The molecule has 0 radical (unpaired) electrons. The van der Waals surface area contributed by atoms with Gasteiger partial charge in [0, 0.05) is 13.2 Å². The van der Waals surface area contributed by atoms with E-state index >= 15 is 0 Å². The lowest BCUT2D eigenvalue weighted by Crippen LogP contribution is -2.33. The summed E-state index contributed by atoms with van der Waals surface area (Å²) in [5.41, 5.74) is 0.996. The molecule has 11 heteroatoms. The zero-order valence-corrected chi connectivity index (χ0v) is 15.2. The highest BCUT2D eigenvalue weighted by atomic mass is 32.2. The number of aryl methyl sites for hydroxylation is 2. The largest absolute Gasteiger partial charge is 0.394 e. The predicted octanol–water partition coefficient (Wildman–Crippen LogP) is -0.975. The van der Waals surface area contributed by atoms with Crippen LogP contribution in [0.3, 0.4) is 0 Å². The average molecular weight is 381 g/mol. The van der Waals surface area contributed by atoms with E-state index in [9.17, 15) is 20.1 Å². The molecule has 140 valence electrons. The van der Waals surface area contributed by atoms with Gasteiger partial charge in [0.2, 0.25) is 5.78 Å². The SMILES string of the molecule is CSc1nc2c(=O)n3cc(C)nc3n(C)c2n1[C@@H]1O[C@H](CO)[C@@H](O)[C@H]1O. The summed E-state index contributed by atoms with van der Waals surface area (Å²) in [6.07, 6.45) is -0.995. The smallest absolute Gasteiger partial charge is 0.287 e. The lowest BCUT2D eigenvalue weighted by molar-refractivity contribution is -0.0550. The van der Waals surface area contributed by atoms with E-state index < -0.39 is 31.1 Å². The number of hydrogen-bond donors (Lipinski definition) is 3. The maximum atomic E-state index is 12.8. The van der Waals surface area contributed by atoms with E-state index in [-0.39, 0.29) is 11.1 Å². The molecule has 1 aliphatic rings. The van der Waals surface area contributed by atoms with Gasteiger partial charge >= 0.3 is 0 Å². The molecule has 3 aromatic heterocycles. The minimum atomic E-state index is -1.27. The summed E-state index contributed by atoms with van der Waals surface area (Å²) in [5, 5.41) is 30.3. The molecule has 4 atom stereocenters. The summed E-state index contributed by atoms with van der Waals surface area (Å²) in [6, 6.07) is 0. The molecule has 4 heterocycles. The first-order chi connectivity index (χ1) is 12.4. The third-order valence-corrected chi connectivity index (χ3v) is 5.31. The minimum absolute atomic E-state index is 0.208. The predicted molar refractivity (Wildman–Crippen MR) is 93.3 cm³/mol. The van der Waals surface area contributed by atoms with Gasteiger partial charge in [0.15, 0.2) is 22.5 Å². The van der Waals surface area contributed by atoms with Gasteiger partial charge in [-0.2, -0.15) is 0 Å². The van der Waals surface area contributed by atoms with Crippen LogP contribution in [0.15, 0.2) is 16.1 Å². The Morgan fingerprint density at radius 3 is 2.65 bits per heavy atom. The Morgan fingerprint density at radius 1 is 1.31 bits per heavy atom. The Kier molecular flexibility index (Phi) is 4.08. The third-order valence-electron chi connectivity index (χ3n) is 4.65. The van der Waals surface area contributed by atoms with Crippen molar-refractivity contribution in [3.63, 3.8) is 0 Å². The quantitative estimate of drug-likeness (QED) is 0.494. The van der Waals surface area contributed by atoms with Gasteiger partial charge in [-0.1, -0.05) is 11.8 Å². The van der Waals surface area contributed by atoms with Gasteiger partial charge in [0.05, 0.1) is 12.3 Å². The fourth-order valence-corrected chi connectivity index (χ4v) is 3.98. The van der Waals surface area contributed by atoms with Crippen LogP contribution in [0.2, 0.25) is 0 Å². The number of aromatic nitrogens is 5. The Balaban J connectivity index is 2.04. The summed E-state index contributed by atoms with van der Waals surface area (Å²) < 4.78 is 10.4. The molecule has 0 spiro atoms. The normalized spacial score (nSPS) is 26.4. The molecule has 0 unspecified atom stereocenters. The second-order valence-electron chi connectivity index (χ2n) is 6.29. The van der Waals surface area contributed by atoms with Crippen LogP contribution in [0.1, 0.15) is 11.9 Å². The first-order valence-corrected chi connectivity index (χ1v) is 9.24. The summed E-state index contributed by atoms with van der Waals surface area (Å²) in [7, 11) is 1.74. The second kappa shape index (κ2) is 6.06. The summed E-state index contributed by atoms with van der Waals surface area (Å²) in [5.74, 6) is 0.431. The van der Waals surface area contributed by atoms with E-state index in [1.54, 1.807) is 35.6 Å². The van der Waals surface area contributed by atoms with Crippen LogP contribution in [-0.2, 0) is 11.8 Å². The second-order valence-corrected chi connectivity index (χ2v) is 7.06. The zero-order valence-electron chi connectivity index (χ0n) is 14.4. The van der Waals surface area contributed by atoms with E-state index in [1.807, 2.05) is 0 Å². The van der Waals surface area contributed by atoms with Crippen LogP contribution in [0, 0.1) is 6.92 Å². The molecule has 0 bridgehead atoms. The molecule has 4 rings (SSSR count). The first-order valence-electron chi connectivity index (χ1n) is 8.02. The molecule has 1 fully saturated rings. The van der Waals surface area contributed by atoms with Crippen LogP contribution in [0.4, 0.5) is 0 Å². The number of hydrogen-bond acceptors (Lipinski definition) is 8. The highest BCUT2D eigenvalue weighted by Crippen LogP contribution is 2.35. The van der Waals surface area contributed by atoms with Crippen molar-refractivity contribution in [2.45, 2.75) is 36.6 Å². The standard InChI is InChI=1S/C15H19N5O5S/c1-6-4-19-12(24)8-11(18(2)14(19)16-6)20(15(17-8)26-3)13-10(23)9(22)7(5-21)25-13/h4,7,9-10,13,21-23H,5H2,1-3H3/t7-,9-,10-,13-/m1/s1. The molecule has 3 N–H and O–H groups in total. The number of aliphatic hydroxyl groups excluding tert-OH is 3. The van der Waals surface area contributed by atoms with Crippen molar-refractivity contribution in [2.24, 2.45) is 7.05 Å². The number of ether oxygens (including phenoxy) is 1. The van der Waals surface area contributed by atoms with Crippen molar-refractivity contribution in [1.82, 2.24) is 23.5 Å². The maximum Gasteiger partial charge on any atom is 0.287 e. The number of thioether (sulfide) groups is 1. The van der Waals surface area contributed by atoms with E-state index in [2.05, 4.69) is 9.97 Å². The van der Waals surface area contributed by atoms with E-state index in [1.165, 1.54) is 16.2 Å². The zero-order chi connectivity index (χ0) is 18.7. The molecule has 10 nitrogen and oxygen atoms in total. The molecule has 1 saturated heterocycles. The van der Waals surface area contributed by atoms with Crippen LogP contribution < -0.4 is 5.56 Å². The lowest BCUT2D eigenvalue weighted by Gasteiger charge is -2.20. The molecule has 0 aromatic carbocycles. The van der Waals surface area contributed by atoms with E-state index in [0.29, 0.717) is 22.3 Å². The summed E-state index contributed by atoms with van der Waals surface area (Å²) in [6.45, 7) is 1.36. The van der Waals surface area contributed by atoms with Gasteiger partial charge in [-0.05, 0) is 13.2 Å². The van der Waals surface area contributed by atoms with Gasteiger partial charge < -0.3 is 20.1 Å².